The molecule has 0 bridgehead atoms. The largest absolute Gasteiger partial charge is 0.363 e. The molecule has 1 aliphatic rings. The molecule has 0 spiro atoms. The molecule has 0 N–H and O–H groups in total. The van der Waals surface area contributed by atoms with Gasteiger partial charge in [-0.05, 0) is 25.0 Å². The fraction of sp³-hybridized carbons (Fsp3) is 0.538. The van der Waals surface area contributed by atoms with E-state index < -0.39 is 8.07 Å². The maximum Gasteiger partial charge on any atom is 0.129 e. The second kappa shape index (κ2) is 4.64. The molecule has 86 valence electrons. The van der Waals surface area contributed by atoms with Crippen LogP contribution < -0.4 is 4.90 Å². The Morgan fingerprint density at radius 3 is 2.50 bits per heavy atom. The number of rotatable bonds is 1. The molecule has 3 heteroatoms. The van der Waals surface area contributed by atoms with Gasteiger partial charge in [-0.1, -0.05) is 25.6 Å². The molecule has 0 amide bonds. The summed E-state index contributed by atoms with van der Waals surface area (Å²) in [7, 11) is -1.23. The first-order valence-corrected chi connectivity index (χ1v) is 10.2. The van der Waals surface area contributed by atoms with Crippen molar-refractivity contribution in [2.24, 2.45) is 0 Å². The summed E-state index contributed by atoms with van der Waals surface area (Å²) in [6.07, 6.45) is 2.68. The molecule has 1 aliphatic heterocycles. The highest BCUT2D eigenvalue weighted by Crippen LogP contribution is 2.28. The number of thiophene rings is 1. The normalized spacial score (nSPS) is 16.1. The maximum absolute atomic E-state index is 3.42. The van der Waals surface area contributed by atoms with E-state index >= 15 is 0 Å². The topological polar surface area (TPSA) is 3.24 Å². The van der Waals surface area contributed by atoms with Crippen molar-refractivity contribution in [1.82, 2.24) is 0 Å². The first kappa shape index (κ1) is 11.8. The second-order valence-electron chi connectivity index (χ2n) is 5.33. The molecule has 1 aromatic heterocycles. The van der Waals surface area contributed by atoms with E-state index in [1.165, 1.54) is 35.8 Å². The van der Waals surface area contributed by atoms with Crippen LogP contribution in [-0.4, -0.2) is 21.2 Å². The van der Waals surface area contributed by atoms with E-state index in [0.29, 0.717) is 0 Å². The molecule has 16 heavy (non-hydrogen) atoms. The molecular weight excluding hydrogens is 230 g/mol. The lowest BCUT2D eigenvalue weighted by Crippen LogP contribution is -2.16. The van der Waals surface area contributed by atoms with Crippen molar-refractivity contribution in [2.45, 2.75) is 32.5 Å². The van der Waals surface area contributed by atoms with E-state index in [4.69, 9.17) is 0 Å². The first-order chi connectivity index (χ1) is 7.54. The van der Waals surface area contributed by atoms with E-state index in [9.17, 15) is 0 Å². The summed E-state index contributed by atoms with van der Waals surface area (Å²) < 4.78 is 0. The van der Waals surface area contributed by atoms with Crippen LogP contribution in [0.15, 0.2) is 12.1 Å². The zero-order valence-corrected chi connectivity index (χ0v) is 12.2. The van der Waals surface area contributed by atoms with Crippen molar-refractivity contribution in [1.29, 1.82) is 0 Å². The van der Waals surface area contributed by atoms with Crippen LogP contribution >= 0.6 is 11.3 Å². The molecule has 1 fully saturated rings. The molecule has 0 saturated carbocycles. The number of hydrogen-bond acceptors (Lipinski definition) is 2. The van der Waals surface area contributed by atoms with Crippen LogP contribution in [-0.2, 0) is 0 Å². The molecule has 0 radical (unpaired) electrons. The van der Waals surface area contributed by atoms with Gasteiger partial charge in [0.25, 0.3) is 0 Å². The summed E-state index contributed by atoms with van der Waals surface area (Å²) in [5, 5.41) is 1.40. The van der Waals surface area contributed by atoms with Gasteiger partial charge in [0.05, 0.1) is 9.88 Å². The fourth-order valence-corrected chi connectivity index (χ4v) is 3.26. The molecule has 0 unspecified atom stereocenters. The third-order valence-electron chi connectivity index (χ3n) is 2.57. The summed E-state index contributed by atoms with van der Waals surface area (Å²) in [6.45, 7) is 9.31. The summed E-state index contributed by atoms with van der Waals surface area (Å²) in [5.74, 6) is 3.33. The van der Waals surface area contributed by atoms with Gasteiger partial charge in [-0.2, -0.15) is 0 Å². The van der Waals surface area contributed by atoms with Gasteiger partial charge in [0, 0.05) is 13.1 Å². The molecule has 2 heterocycles. The van der Waals surface area contributed by atoms with Crippen LogP contribution in [0, 0.1) is 11.5 Å². The highest BCUT2D eigenvalue weighted by Gasteiger charge is 2.14. The van der Waals surface area contributed by atoms with Crippen LogP contribution in [0.25, 0.3) is 0 Å². The SMILES string of the molecule is C[Si](C)(C)C#Cc1ccc(N2CCCC2)s1. The standard InChI is InChI=1S/C13H19NSSi/c1-16(2,3)11-8-12-6-7-13(15-12)14-9-4-5-10-14/h6-7H,4-5,9-10H2,1-3H3. The Balaban J connectivity index is 2.09. The minimum absolute atomic E-state index is 1.22. The third kappa shape index (κ3) is 3.13. The Labute approximate surface area is 103 Å². The molecule has 1 saturated heterocycles. The number of nitrogens with zero attached hydrogens (tertiary/aromatic N) is 1. The average molecular weight is 249 g/mol. The monoisotopic (exact) mass is 249 g/mol. The molecular formula is C13H19NSSi. The van der Waals surface area contributed by atoms with E-state index in [1.54, 1.807) is 0 Å². The van der Waals surface area contributed by atoms with Gasteiger partial charge in [-0.15, -0.1) is 16.9 Å². The summed E-state index contributed by atoms with van der Waals surface area (Å²) in [4.78, 5) is 3.70. The Morgan fingerprint density at radius 2 is 1.88 bits per heavy atom. The highest BCUT2D eigenvalue weighted by molar-refractivity contribution is 7.16. The minimum atomic E-state index is -1.23. The molecule has 0 atom stereocenters. The summed E-state index contributed by atoms with van der Waals surface area (Å²) in [6, 6.07) is 4.40. The van der Waals surface area contributed by atoms with E-state index in [0.717, 1.165) is 0 Å². The van der Waals surface area contributed by atoms with Crippen molar-refractivity contribution in [3.63, 3.8) is 0 Å². The summed E-state index contributed by atoms with van der Waals surface area (Å²) >= 11 is 1.85. The molecule has 0 aromatic carbocycles. The predicted octanol–water partition coefficient (Wildman–Crippen LogP) is 3.58. The fourth-order valence-electron chi connectivity index (χ4n) is 1.75. The van der Waals surface area contributed by atoms with Gasteiger partial charge >= 0.3 is 0 Å². The van der Waals surface area contributed by atoms with Crippen LogP contribution in [0.3, 0.4) is 0 Å². The first-order valence-electron chi connectivity index (χ1n) is 5.92. The Kier molecular flexibility index (Phi) is 3.41. The average Bonchev–Trinajstić information content (AvgIpc) is 2.84. The van der Waals surface area contributed by atoms with E-state index in [-0.39, 0.29) is 0 Å². The van der Waals surface area contributed by atoms with Crippen LogP contribution in [0.5, 0.6) is 0 Å². The lowest BCUT2D eigenvalue weighted by molar-refractivity contribution is 0.949. The Hall–Kier alpha value is -0.723. The van der Waals surface area contributed by atoms with Crippen molar-refractivity contribution in [2.75, 3.05) is 18.0 Å². The quantitative estimate of drug-likeness (QED) is 0.543. The molecule has 2 rings (SSSR count). The second-order valence-corrected chi connectivity index (χ2v) is 11.1. The van der Waals surface area contributed by atoms with Gasteiger partial charge in [0.15, 0.2) is 0 Å². The van der Waals surface area contributed by atoms with Gasteiger partial charge < -0.3 is 4.90 Å². The molecule has 0 aliphatic carbocycles. The van der Waals surface area contributed by atoms with Crippen molar-refractivity contribution >= 4 is 24.4 Å². The van der Waals surface area contributed by atoms with Crippen LogP contribution in [0.4, 0.5) is 5.00 Å². The van der Waals surface area contributed by atoms with E-state index in [2.05, 4.69) is 48.1 Å². The zero-order valence-electron chi connectivity index (χ0n) is 10.3. The minimum Gasteiger partial charge on any atom is -0.363 e. The van der Waals surface area contributed by atoms with Crippen molar-refractivity contribution in [3.05, 3.63) is 17.0 Å². The number of hydrogen-bond donors (Lipinski definition) is 0. The number of anilines is 1. The zero-order chi connectivity index (χ0) is 11.6. The van der Waals surface area contributed by atoms with Crippen molar-refractivity contribution in [3.8, 4) is 11.5 Å². The lowest BCUT2D eigenvalue weighted by Gasteiger charge is -2.13. The highest BCUT2D eigenvalue weighted by atomic mass is 32.1. The van der Waals surface area contributed by atoms with E-state index in [1.807, 2.05) is 11.3 Å². The lowest BCUT2D eigenvalue weighted by atomic mass is 10.4. The maximum atomic E-state index is 3.42. The predicted molar refractivity (Wildman–Crippen MR) is 76.0 cm³/mol. The Bertz CT molecular complexity index is 413. The van der Waals surface area contributed by atoms with Crippen molar-refractivity contribution < 1.29 is 0 Å². The smallest absolute Gasteiger partial charge is 0.129 e. The summed E-state index contributed by atoms with van der Waals surface area (Å²) in [5.41, 5.74) is 3.42. The van der Waals surface area contributed by atoms with Gasteiger partial charge in [-0.25, -0.2) is 0 Å². The molecule has 1 nitrogen and oxygen atoms in total. The van der Waals surface area contributed by atoms with Gasteiger partial charge in [-0.3, -0.25) is 0 Å². The Morgan fingerprint density at radius 1 is 1.19 bits per heavy atom. The third-order valence-corrected chi connectivity index (χ3v) is 4.51. The van der Waals surface area contributed by atoms with Gasteiger partial charge in [0.2, 0.25) is 0 Å². The van der Waals surface area contributed by atoms with Gasteiger partial charge in [0.1, 0.15) is 8.07 Å². The molecule has 1 aromatic rings. The van der Waals surface area contributed by atoms with Crippen LogP contribution in [0.2, 0.25) is 19.6 Å². The van der Waals surface area contributed by atoms with Crippen LogP contribution in [0.1, 0.15) is 17.7 Å².